The Balaban J connectivity index is 1.53. The first-order valence-corrected chi connectivity index (χ1v) is 11.4. The molecule has 1 saturated heterocycles. The topological polar surface area (TPSA) is 114 Å². The lowest BCUT2D eigenvalue weighted by atomic mass is 10.1. The lowest BCUT2D eigenvalue weighted by Crippen LogP contribution is -2.26. The Morgan fingerprint density at radius 2 is 1.85 bits per heavy atom. The van der Waals surface area contributed by atoms with Crippen molar-refractivity contribution in [2.45, 2.75) is 39.3 Å². The van der Waals surface area contributed by atoms with E-state index < -0.39 is 0 Å². The minimum absolute atomic E-state index is 0.0515. The van der Waals surface area contributed by atoms with Crippen molar-refractivity contribution in [1.29, 1.82) is 0 Å². The molecule has 0 spiro atoms. The van der Waals surface area contributed by atoms with Crippen molar-refractivity contribution in [2.75, 3.05) is 13.2 Å². The van der Waals surface area contributed by atoms with Crippen LogP contribution in [0.5, 0.6) is 0 Å². The van der Waals surface area contributed by atoms with Gasteiger partial charge in [0, 0.05) is 43.8 Å². The second-order valence-electron chi connectivity index (χ2n) is 8.36. The molecule has 0 aliphatic carbocycles. The summed E-state index contributed by atoms with van der Waals surface area (Å²) in [4.78, 5) is 35.3. The molecule has 0 radical (unpaired) electrons. The fourth-order valence-corrected chi connectivity index (χ4v) is 4.65. The summed E-state index contributed by atoms with van der Waals surface area (Å²) >= 11 is 0. The zero-order valence-corrected chi connectivity index (χ0v) is 18.9. The molecule has 5 aromatic rings. The van der Waals surface area contributed by atoms with Gasteiger partial charge >= 0.3 is 5.76 Å². The van der Waals surface area contributed by atoms with Crippen LogP contribution in [0.1, 0.15) is 31.6 Å². The number of hydrogen-bond donors (Lipinski definition) is 0. The first-order valence-electron chi connectivity index (χ1n) is 11.4. The molecule has 4 aromatic heterocycles. The summed E-state index contributed by atoms with van der Waals surface area (Å²) in [5.41, 5.74) is 5.08. The third kappa shape index (κ3) is 3.29. The number of aromatic nitrogens is 7. The number of ether oxygens (including phenoxy) is 1. The summed E-state index contributed by atoms with van der Waals surface area (Å²) in [6, 6.07) is 5.73. The van der Waals surface area contributed by atoms with Crippen molar-refractivity contribution in [2.24, 2.45) is 0 Å². The van der Waals surface area contributed by atoms with E-state index in [9.17, 15) is 4.79 Å². The maximum Gasteiger partial charge on any atom is 0.420 e. The number of aryl methyl sites for hydroxylation is 2. The van der Waals surface area contributed by atoms with Gasteiger partial charge in [0.15, 0.2) is 11.2 Å². The van der Waals surface area contributed by atoms with E-state index in [2.05, 4.69) is 19.9 Å². The predicted octanol–water partition coefficient (Wildman–Crippen LogP) is 3.54. The van der Waals surface area contributed by atoms with E-state index in [0.29, 0.717) is 42.4 Å². The van der Waals surface area contributed by atoms with Crippen LogP contribution in [0.3, 0.4) is 0 Å². The molecule has 0 N–H and O–H groups in total. The lowest BCUT2D eigenvalue weighted by Gasteiger charge is -2.22. The fourth-order valence-electron chi connectivity index (χ4n) is 4.65. The van der Waals surface area contributed by atoms with Gasteiger partial charge in [0.05, 0.1) is 11.1 Å². The van der Waals surface area contributed by atoms with Gasteiger partial charge in [0.25, 0.3) is 0 Å². The van der Waals surface area contributed by atoms with Gasteiger partial charge in [-0.3, -0.25) is 4.57 Å². The van der Waals surface area contributed by atoms with Crippen LogP contribution < -0.4 is 5.76 Å². The van der Waals surface area contributed by atoms with E-state index >= 15 is 0 Å². The van der Waals surface area contributed by atoms with Gasteiger partial charge in [-0.1, -0.05) is 0 Å². The van der Waals surface area contributed by atoms with Crippen LogP contribution in [0.15, 0.2) is 46.1 Å². The predicted molar refractivity (Wildman–Crippen MR) is 125 cm³/mol. The van der Waals surface area contributed by atoms with Crippen molar-refractivity contribution in [3.8, 4) is 22.6 Å². The average Bonchev–Trinajstić information content (AvgIpc) is 3.41. The number of oxazole rings is 1. The molecule has 1 aliphatic heterocycles. The van der Waals surface area contributed by atoms with E-state index in [1.54, 1.807) is 23.3 Å². The summed E-state index contributed by atoms with van der Waals surface area (Å²) in [5.74, 6) is 1.10. The van der Waals surface area contributed by atoms with Gasteiger partial charge in [0.2, 0.25) is 0 Å². The Bertz CT molecular complexity index is 1560. The molecule has 172 valence electrons. The van der Waals surface area contributed by atoms with Crippen LogP contribution in [-0.4, -0.2) is 47.3 Å². The quantitative estimate of drug-likeness (QED) is 0.403. The van der Waals surface area contributed by atoms with Crippen molar-refractivity contribution >= 4 is 22.3 Å². The highest BCUT2D eigenvalue weighted by Gasteiger charge is 2.23. The van der Waals surface area contributed by atoms with Crippen LogP contribution in [0, 0.1) is 6.92 Å². The van der Waals surface area contributed by atoms with E-state index in [-0.39, 0.29) is 11.8 Å². The molecular formula is C24H23N7O3. The molecule has 1 fully saturated rings. The number of hydrogen-bond acceptors (Lipinski definition) is 8. The standard InChI is InChI=1S/C24H23N7O3/c1-3-30-22(16-11-25-14(2)26-12-16)29-21-20(27-13-28-23(21)30)15-4-5-19-18(10-15)31(24(32)34-19)17-6-8-33-9-7-17/h4-5,10-13,17H,3,6-9H2,1-2H3. The van der Waals surface area contributed by atoms with Crippen LogP contribution in [0.25, 0.3) is 44.9 Å². The second kappa shape index (κ2) is 8.14. The van der Waals surface area contributed by atoms with E-state index in [0.717, 1.165) is 41.0 Å². The molecule has 0 atom stereocenters. The Labute approximate surface area is 194 Å². The molecule has 5 heterocycles. The summed E-state index contributed by atoms with van der Waals surface area (Å²) in [6.45, 7) is 5.85. The highest BCUT2D eigenvalue weighted by Crippen LogP contribution is 2.32. The van der Waals surface area contributed by atoms with Crippen LogP contribution in [-0.2, 0) is 11.3 Å². The highest BCUT2D eigenvalue weighted by atomic mass is 16.5. The summed E-state index contributed by atoms with van der Waals surface area (Å²) in [6.07, 6.45) is 6.64. The normalized spacial score (nSPS) is 14.9. The van der Waals surface area contributed by atoms with Crippen molar-refractivity contribution < 1.29 is 9.15 Å². The number of benzene rings is 1. The van der Waals surface area contributed by atoms with E-state index in [4.69, 9.17) is 14.1 Å². The maximum atomic E-state index is 12.7. The minimum atomic E-state index is -0.344. The summed E-state index contributed by atoms with van der Waals surface area (Å²) in [7, 11) is 0. The zero-order chi connectivity index (χ0) is 23.2. The molecule has 1 aromatic carbocycles. The Hall–Kier alpha value is -3.92. The molecular weight excluding hydrogens is 434 g/mol. The fraction of sp³-hybridized carbons (Fsp3) is 0.333. The maximum absolute atomic E-state index is 12.7. The minimum Gasteiger partial charge on any atom is -0.408 e. The second-order valence-corrected chi connectivity index (χ2v) is 8.36. The Morgan fingerprint density at radius 3 is 2.62 bits per heavy atom. The zero-order valence-electron chi connectivity index (χ0n) is 18.9. The van der Waals surface area contributed by atoms with Gasteiger partial charge in [-0.25, -0.2) is 29.7 Å². The molecule has 0 bridgehead atoms. The SMILES string of the molecule is CCn1c(-c2cnc(C)nc2)nc2c(-c3ccc4oc(=O)n(C5CCOCC5)c4c3)ncnc21. The first-order chi connectivity index (χ1) is 16.6. The van der Waals surface area contributed by atoms with Gasteiger partial charge in [-0.15, -0.1) is 0 Å². The third-order valence-corrected chi connectivity index (χ3v) is 6.33. The Kier molecular flexibility index (Phi) is 4.95. The molecule has 0 amide bonds. The van der Waals surface area contributed by atoms with Crippen molar-refractivity contribution in [1.82, 2.24) is 34.1 Å². The average molecular weight is 457 g/mol. The van der Waals surface area contributed by atoms with Crippen LogP contribution in [0.4, 0.5) is 0 Å². The molecule has 10 nitrogen and oxygen atoms in total. The molecule has 34 heavy (non-hydrogen) atoms. The number of fused-ring (bicyclic) bond motifs is 2. The van der Waals surface area contributed by atoms with Gasteiger partial charge in [-0.05, 0) is 44.9 Å². The summed E-state index contributed by atoms with van der Waals surface area (Å²) in [5, 5.41) is 0. The molecule has 1 aliphatic rings. The smallest absolute Gasteiger partial charge is 0.408 e. The molecule has 10 heteroatoms. The number of rotatable bonds is 4. The third-order valence-electron chi connectivity index (χ3n) is 6.33. The van der Waals surface area contributed by atoms with E-state index in [1.807, 2.05) is 36.6 Å². The van der Waals surface area contributed by atoms with Gasteiger partial charge in [0.1, 0.15) is 29.2 Å². The van der Waals surface area contributed by atoms with Crippen LogP contribution in [0.2, 0.25) is 0 Å². The molecule has 0 unspecified atom stereocenters. The number of nitrogens with zero attached hydrogens (tertiary/aromatic N) is 7. The van der Waals surface area contributed by atoms with Gasteiger partial charge < -0.3 is 13.7 Å². The Morgan fingerprint density at radius 1 is 1.06 bits per heavy atom. The van der Waals surface area contributed by atoms with Crippen LogP contribution >= 0.6 is 0 Å². The molecule has 0 saturated carbocycles. The largest absolute Gasteiger partial charge is 0.420 e. The summed E-state index contributed by atoms with van der Waals surface area (Å²) < 4.78 is 14.8. The van der Waals surface area contributed by atoms with E-state index in [1.165, 1.54) is 0 Å². The highest BCUT2D eigenvalue weighted by molar-refractivity contribution is 5.92. The number of imidazole rings is 1. The van der Waals surface area contributed by atoms with Gasteiger partial charge in [-0.2, -0.15) is 0 Å². The molecule has 6 rings (SSSR count). The lowest BCUT2D eigenvalue weighted by molar-refractivity contribution is 0.0688. The van der Waals surface area contributed by atoms with Crippen molar-refractivity contribution in [3.63, 3.8) is 0 Å². The first kappa shape index (κ1) is 20.7. The van der Waals surface area contributed by atoms with Crippen molar-refractivity contribution in [3.05, 3.63) is 53.3 Å². The monoisotopic (exact) mass is 457 g/mol.